The van der Waals surface area contributed by atoms with Gasteiger partial charge in [-0.25, -0.2) is 4.39 Å². The largest absolute Gasteiger partial charge is 0.379 e. The van der Waals surface area contributed by atoms with E-state index in [2.05, 4.69) is 5.32 Å². The Morgan fingerprint density at radius 3 is 2.75 bits per heavy atom. The van der Waals surface area contributed by atoms with Crippen molar-refractivity contribution in [3.05, 3.63) is 69.5 Å². The van der Waals surface area contributed by atoms with E-state index in [0.717, 1.165) is 11.1 Å². The summed E-state index contributed by atoms with van der Waals surface area (Å²) in [5, 5.41) is 14.0. The van der Waals surface area contributed by atoms with Gasteiger partial charge in [0.2, 0.25) is 0 Å². The number of nitrogens with zero attached hydrogens (tertiary/aromatic N) is 1. The Balaban J connectivity index is 2.04. The van der Waals surface area contributed by atoms with Crippen LogP contribution in [0, 0.1) is 22.9 Å². The minimum absolute atomic E-state index is 0.0508. The maximum atomic E-state index is 13.0. The average Bonchev–Trinajstić information content (AvgIpc) is 2.38. The van der Waals surface area contributed by atoms with Gasteiger partial charge in [-0.1, -0.05) is 18.2 Å². The smallest absolute Gasteiger partial charge is 0.292 e. The average molecular weight is 274 g/mol. The predicted octanol–water partition coefficient (Wildman–Crippen LogP) is 3.70. The zero-order valence-corrected chi connectivity index (χ0v) is 11.1. The lowest BCUT2D eigenvalue weighted by Gasteiger charge is -2.08. The fraction of sp³-hybridized carbons (Fsp3) is 0.200. The van der Waals surface area contributed by atoms with Crippen LogP contribution in [-0.2, 0) is 6.42 Å². The number of hydrogen-bond donors (Lipinski definition) is 1. The van der Waals surface area contributed by atoms with E-state index >= 15 is 0 Å². The molecular formula is C15H15FN2O2. The Morgan fingerprint density at radius 2 is 2.05 bits per heavy atom. The molecule has 104 valence electrons. The van der Waals surface area contributed by atoms with E-state index in [1.54, 1.807) is 18.2 Å². The molecule has 2 aromatic rings. The number of nitrogens with one attached hydrogen (secondary N) is 1. The van der Waals surface area contributed by atoms with Gasteiger partial charge in [-0.15, -0.1) is 0 Å². The number of nitro benzene ring substituents is 1. The van der Waals surface area contributed by atoms with Crippen molar-refractivity contribution in [3.8, 4) is 0 Å². The van der Waals surface area contributed by atoms with Gasteiger partial charge >= 0.3 is 0 Å². The highest BCUT2D eigenvalue weighted by molar-refractivity contribution is 5.62. The molecule has 0 saturated heterocycles. The molecule has 0 atom stereocenters. The Kier molecular flexibility index (Phi) is 4.30. The van der Waals surface area contributed by atoms with Crippen LogP contribution in [0.4, 0.5) is 15.8 Å². The van der Waals surface area contributed by atoms with E-state index in [4.69, 9.17) is 0 Å². The molecule has 0 aliphatic carbocycles. The molecule has 0 aliphatic heterocycles. The lowest BCUT2D eigenvalue weighted by Crippen LogP contribution is -2.07. The summed E-state index contributed by atoms with van der Waals surface area (Å²) in [4.78, 5) is 10.5. The summed E-state index contributed by atoms with van der Waals surface area (Å²) in [5.41, 5.74) is 2.35. The Bertz CT molecular complexity index is 629. The molecule has 1 N–H and O–H groups in total. The van der Waals surface area contributed by atoms with Gasteiger partial charge in [-0.2, -0.15) is 0 Å². The predicted molar refractivity (Wildman–Crippen MR) is 76.4 cm³/mol. The molecule has 0 unspecified atom stereocenters. The van der Waals surface area contributed by atoms with Crippen LogP contribution in [0.5, 0.6) is 0 Å². The quantitative estimate of drug-likeness (QED) is 0.668. The van der Waals surface area contributed by atoms with Crippen LogP contribution in [0.3, 0.4) is 0 Å². The maximum Gasteiger partial charge on any atom is 0.292 e. The monoisotopic (exact) mass is 274 g/mol. The zero-order valence-electron chi connectivity index (χ0n) is 11.1. The van der Waals surface area contributed by atoms with E-state index in [1.807, 2.05) is 13.0 Å². The first-order valence-corrected chi connectivity index (χ1v) is 6.29. The molecule has 0 heterocycles. The molecule has 0 spiro atoms. The number of anilines is 1. The standard InChI is InChI=1S/C15H15FN2O2/c1-11-5-6-15(18(19)20)14(9-11)17-8-7-12-3-2-4-13(16)10-12/h2-6,9-10,17H,7-8H2,1H3. The van der Waals surface area contributed by atoms with Crippen molar-refractivity contribution in [1.29, 1.82) is 0 Å². The van der Waals surface area contributed by atoms with Gasteiger partial charge in [0, 0.05) is 12.6 Å². The van der Waals surface area contributed by atoms with Crippen molar-refractivity contribution >= 4 is 11.4 Å². The number of halogens is 1. The van der Waals surface area contributed by atoms with Gasteiger partial charge in [0.25, 0.3) is 5.69 Å². The first-order valence-electron chi connectivity index (χ1n) is 6.29. The number of benzene rings is 2. The van der Waals surface area contributed by atoms with Crippen LogP contribution < -0.4 is 5.32 Å². The number of nitro groups is 1. The normalized spacial score (nSPS) is 10.3. The van der Waals surface area contributed by atoms with Crippen molar-refractivity contribution < 1.29 is 9.31 Å². The van der Waals surface area contributed by atoms with Crippen molar-refractivity contribution in [2.45, 2.75) is 13.3 Å². The summed E-state index contributed by atoms with van der Waals surface area (Å²) in [6.07, 6.45) is 0.600. The minimum atomic E-state index is -0.413. The van der Waals surface area contributed by atoms with Gasteiger partial charge < -0.3 is 5.32 Å². The molecule has 4 nitrogen and oxygen atoms in total. The second kappa shape index (κ2) is 6.14. The molecule has 2 rings (SSSR count). The molecule has 0 radical (unpaired) electrons. The second-order valence-corrected chi connectivity index (χ2v) is 4.58. The molecule has 0 saturated carbocycles. The van der Waals surface area contributed by atoms with Gasteiger partial charge in [-0.05, 0) is 42.7 Å². The van der Waals surface area contributed by atoms with Crippen LogP contribution in [0.15, 0.2) is 42.5 Å². The van der Waals surface area contributed by atoms with Gasteiger partial charge in [-0.3, -0.25) is 10.1 Å². The number of aryl methyl sites for hydroxylation is 1. The molecule has 0 bridgehead atoms. The lowest BCUT2D eigenvalue weighted by molar-refractivity contribution is -0.384. The third-order valence-electron chi connectivity index (χ3n) is 2.97. The Labute approximate surface area is 116 Å². The number of hydrogen-bond acceptors (Lipinski definition) is 3. The van der Waals surface area contributed by atoms with Crippen molar-refractivity contribution in [1.82, 2.24) is 0 Å². The van der Waals surface area contributed by atoms with Crippen LogP contribution in [0.25, 0.3) is 0 Å². The van der Waals surface area contributed by atoms with Crippen molar-refractivity contribution in [2.24, 2.45) is 0 Å². The van der Waals surface area contributed by atoms with Gasteiger partial charge in [0.15, 0.2) is 0 Å². The summed E-state index contributed by atoms with van der Waals surface area (Å²) < 4.78 is 13.0. The summed E-state index contributed by atoms with van der Waals surface area (Å²) in [6.45, 7) is 2.38. The van der Waals surface area contributed by atoms with Crippen molar-refractivity contribution in [2.75, 3.05) is 11.9 Å². The summed E-state index contributed by atoms with van der Waals surface area (Å²) >= 11 is 0. The van der Waals surface area contributed by atoms with Crippen molar-refractivity contribution in [3.63, 3.8) is 0 Å². The topological polar surface area (TPSA) is 55.2 Å². The lowest BCUT2D eigenvalue weighted by atomic mass is 10.1. The van der Waals surface area contributed by atoms with Crippen LogP contribution in [-0.4, -0.2) is 11.5 Å². The van der Waals surface area contributed by atoms with Gasteiger partial charge in [0.1, 0.15) is 11.5 Å². The third-order valence-corrected chi connectivity index (χ3v) is 2.97. The Morgan fingerprint density at radius 1 is 1.25 bits per heavy atom. The van der Waals surface area contributed by atoms with E-state index in [9.17, 15) is 14.5 Å². The molecular weight excluding hydrogens is 259 g/mol. The first kappa shape index (κ1) is 14.0. The number of rotatable bonds is 5. The van der Waals surface area contributed by atoms with Gasteiger partial charge in [0.05, 0.1) is 4.92 Å². The SMILES string of the molecule is Cc1ccc([N+](=O)[O-])c(NCCc2cccc(F)c2)c1. The highest BCUT2D eigenvalue weighted by atomic mass is 19.1. The summed E-state index contributed by atoms with van der Waals surface area (Å²) in [6, 6.07) is 11.3. The molecule has 0 aliphatic rings. The minimum Gasteiger partial charge on any atom is -0.379 e. The Hall–Kier alpha value is -2.43. The molecule has 2 aromatic carbocycles. The van der Waals surface area contributed by atoms with E-state index in [1.165, 1.54) is 18.2 Å². The van der Waals surface area contributed by atoms with Crippen LogP contribution in [0.1, 0.15) is 11.1 Å². The van der Waals surface area contributed by atoms with Crippen LogP contribution >= 0.6 is 0 Å². The molecule has 0 fully saturated rings. The maximum absolute atomic E-state index is 13.0. The third kappa shape index (κ3) is 3.54. The van der Waals surface area contributed by atoms with Crippen LogP contribution in [0.2, 0.25) is 0 Å². The van der Waals surface area contributed by atoms with E-state index in [0.29, 0.717) is 18.7 Å². The molecule has 0 aromatic heterocycles. The second-order valence-electron chi connectivity index (χ2n) is 4.58. The highest BCUT2D eigenvalue weighted by Crippen LogP contribution is 2.25. The van der Waals surface area contributed by atoms with E-state index < -0.39 is 4.92 Å². The summed E-state index contributed by atoms with van der Waals surface area (Å²) in [5.74, 6) is -0.274. The molecule has 5 heteroatoms. The summed E-state index contributed by atoms with van der Waals surface area (Å²) in [7, 11) is 0. The molecule has 0 amide bonds. The highest BCUT2D eigenvalue weighted by Gasteiger charge is 2.12. The molecule has 20 heavy (non-hydrogen) atoms. The van der Waals surface area contributed by atoms with E-state index in [-0.39, 0.29) is 11.5 Å². The zero-order chi connectivity index (χ0) is 14.5. The first-order chi connectivity index (χ1) is 9.56. The fourth-order valence-electron chi connectivity index (χ4n) is 1.98. The fourth-order valence-corrected chi connectivity index (χ4v) is 1.98.